The fourth-order valence-electron chi connectivity index (χ4n) is 7.48. The summed E-state index contributed by atoms with van der Waals surface area (Å²) >= 11 is 0. The van der Waals surface area contributed by atoms with Crippen LogP contribution < -0.4 is 49.9 Å². The number of fused-ring (bicyclic) bond motifs is 1. The second-order valence-electron chi connectivity index (χ2n) is 15.8. The highest BCUT2D eigenvalue weighted by Crippen LogP contribution is 2.22. The van der Waals surface area contributed by atoms with E-state index in [1.165, 1.54) is 4.90 Å². The predicted molar refractivity (Wildman–Crippen MR) is 239 cm³/mol. The van der Waals surface area contributed by atoms with Gasteiger partial charge in [-0.05, 0) is 68.1 Å². The number of guanidine groups is 2. The molecular formula is C43H63N13O7. The number of hydrogen-bond acceptors (Lipinski definition) is 9. The summed E-state index contributed by atoms with van der Waals surface area (Å²) in [7, 11) is 0. The van der Waals surface area contributed by atoms with E-state index < -0.39 is 71.8 Å². The zero-order valence-corrected chi connectivity index (χ0v) is 35.9. The Morgan fingerprint density at radius 3 is 2.05 bits per heavy atom. The van der Waals surface area contributed by atoms with Crippen LogP contribution in [0.15, 0.2) is 70.8 Å². The van der Waals surface area contributed by atoms with Crippen LogP contribution >= 0.6 is 0 Å². The predicted octanol–water partition coefficient (Wildman–Crippen LogP) is -0.552. The smallest absolute Gasteiger partial charge is 0.326 e. The Balaban J connectivity index is 1.53. The van der Waals surface area contributed by atoms with Gasteiger partial charge in [0.1, 0.15) is 30.2 Å². The summed E-state index contributed by atoms with van der Waals surface area (Å²) in [5.74, 6) is -5.07. The zero-order chi connectivity index (χ0) is 46.1. The highest BCUT2D eigenvalue weighted by atomic mass is 16.4. The van der Waals surface area contributed by atoms with Crippen LogP contribution in [-0.2, 0) is 41.6 Å². The molecule has 3 aromatic rings. The molecule has 2 heterocycles. The lowest BCUT2D eigenvalue weighted by molar-refractivity contribution is -0.145. The molecule has 1 saturated heterocycles. The van der Waals surface area contributed by atoms with Crippen molar-refractivity contribution in [1.82, 2.24) is 31.2 Å². The lowest BCUT2D eigenvalue weighted by Crippen LogP contribution is -2.60. The lowest BCUT2D eigenvalue weighted by atomic mass is 9.96. The van der Waals surface area contributed by atoms with Gasteiger partial charge < -0.3 is 64.9 Å². The standard InChI is InChI=1S/C43H63N13O7/c1-3-25(2)35(55-36(57)29(44)23-27-24-51-30-15-8-7-14-28(27)30)39(60)52-31(16-9-19-49-42(45)46)37(58)53-32(17-10-20-50-43(47)48)40(61)56-21-11-18-34(56)38(59)54-33(41(62)63)22-26-12-5-4-6-13-26/h4-8,12-15,24-25,29,31-35,51H,3,9-11,16-23,44H2,1-2H3,(H,52,60)(H,53,58)(H,54,59)(H,55,57)(H,62,63)(H4,45,46,49)(H4,47,48,50)/t25-,29-,31-,32-,33-,34-,35-/m0/s1. The number of H-pyrrole nitrogens is 1. The molecule has 7 atom stereocenters. The third kappa shape index (κ3) is 14.7. The molecule has 0 spiro atoms. The average molecular weight is 874 g/mol. The summed E-state index contributed by atoms with van der Waals surface area (Å²) < 4.78 is 0. The Morgan fingerprint density at radius 1 is 0.794 bits per heavy atom. The number of carboxylic acids is 1. The summed E-state index contributed by atoms with van der Waals surface area (Å²) in [6.45, 7) is 4.08. The van der Waals surface area contributed by atoms with Crippen molar-refractivity contribution in [3.05, 3.63) is 71.9 Å². The number of aliphatic carboxylic acids is 1. The Morgan fingerprint density at radius 2 is 1.41 bits per heavy atom. The number of carbonyl (C=O) groups excluding carboxylic acids is 5. The number of carbonyl (C=O) groups is 6. The summed E-state index contributed by atoms with van der Waals surface area (Å²) in [4.78, 5) is 94.6. The van der Waals surface area contributed by atoms with E-state index in [4.69, 9.17) is 28.7 Å². The molecule has 1 aliphatic rings. The maximum Gasteiger partial charge on any atom is 0.326 e. The Labute approximate surface area is 366 Å². The number of para-hydroxylation sites is 1. The Hall–Kier alpha value is -6.70. The number of amides is 5. The SMILES string of the molecule is CC[C@H](C)[C@H](NC(=O)[C@@H](N)Cc1c[nH]c2ccccc12)C(=O)N[C@@H](CCCN=C(N)N)C(=O)N[C@@H](CCCN=C(N)N)C(=O)N1CCC[C@H]1C(=O)N[C@@H](Cc1ccccc1)C(=O)O. The van der Waals surface area contributed by atoms with Crippen LogP contribution in [0.25, 0.3) is 10.9 Å². The molecule has 2 aromatic carbocycles. The van der Waals surface area contributed by atoms with Crippen LogP contribution in [0.1, 0.15) is 69.9 Å². The first-order valence-corrected chi connectivity index (χ1v) is 21.3. The van der Waals surface area contributed by atoms with Gasteiger partial charge in [0, 0.05) is 43.2 Å². The number of nitrogens with two attached hydrogens (primary N) is 5. The minimum absolute atomic E-state index is 0.0295. The molecule has 0 unspecified atom stereocenters. The summed E-state index contributed by atoms with van der Waals surface area (Å²) in [5, 5.41) is 21.8. The number of aliphatic imine (C=N–C) groups is 2. The highest BCUT2D eigenvalue weighted by Gasteiger charge is 2.40. The van der Waals surface area contributed by atoms with Gasteiger partial charge in [0.15, 0.2) is 11.9 Å². The van der Waals surface area contributed by atoms with Gasteiger partial charge in [-0.3, -0.25) is 34.0 Å². The molecule has 4 rings (SSSR count). The van der Waals surface area contributed by atoms with Gasteiger partial charge in [0.05, 0.1) is 6.04 Å². The Bertz CT molecular complexity index is 2080. The van der Waals surface area contributed by atoms with Crippen molar-refractivity contribution in [3.8, 4) is 0 Å². The zero-order valence-electron chi connectivity index (χ0n) is 35.9. The van der Waals surface area contributed by atoms with E-state index in [2.05, 4.69) is 36.2 Å². The molecule has 20 heteroatoms. The van der Waals surface area contributed by atoms with E-state index in [9.17, 15) is 33.9 Å². The molecule has 1 fully saturated rings. The number of hydrogen-bond donors (Lipinski definition) is 11. The molecule has 1 aliphatic heterocycles. The number of nitrogens with one attached hydrogen (secondary N) is 5. The van der Waals surface area contributed by atoms with Gasteiger partial charge >= 0.3 is 5.97 Å². The molecule has 1 aromatic heterocycles. The molecule has 5 amide bonds. The molecule has 0 aliphatic carbocycles. The van der Waals surface area contributed by atoms with E-state index in [-0.39, 0.29) is 82.4 Å². The van der Waals surface area contributed by atoms with Gasteiger partial charge in [0.2, 0.25) is 29.5 Å². The van der Waals surface area contributed by atoms with Crippen molar-refractivity contribution >= 4 is 58.3 Å². The molecule has 0 bridgehead atoms. The number of rotatable bonds is 24. The van der Waals surface area contributed by atoms with Crippen molar-refractivity contribution < 1.29 is 33.9 Å². The van der Waals surface area contributed by atoms with Crippen molar-refractivity contribution in [1.29, 1.82) is 0 Å². The maximum absolute atomic E-state index is 14.4. The van der Waals surface area contributed by atoms with Crippen LogP contribution in [0.2, 0.25) is 0 Å². The van der Waals surface area contributed by atoms with Crippen LogP contribution in [0.3, 0.4) is 0 Å². The number of likely N-dealkylation sites (tertiary alicyclic amines) is 1. The Kier molecular flexibility index (Phi) is 18.7. The minimum Gasteiger partial charge on any atom is -0.480 e. The molecule has 342 valence electrons. The largest absolute Gasteiger partial charge is 0.480 e. The molecule has 20 nitrogen and oxygen atoms in total. The topological polar surface area (TPSA) is 345 Å². The normalized spacial score (nSPS) is 16.4. The van der Waals surface area contributed by atoms with E-state index >= 15 is 0 Å². The first-order valence-electron chi connectivity index (χ1n) is 21.3. The van der Waals surface area contributed by atoms with Crippen molar-refractivity contribution in [2.45, 2.75) is 108 Å². The van der Waals surface area contributed by atoms with Crippen LogP contribution in [0.4, 0.5) is 0 Å². The third-order valence-corrected chi connectivity index (χ3v) is 11.1. The van der Waals surface area contributed by atoms with Crippen LogP contribution in [0.5, 0.6) is 0 Å². The first-order chi connectivity index (χ1) is 30.1. The second kappa shape index (κ2) is 24.1. The summed E-state index contributed by atoms with van der Waals surface area (Å²) in [5.41, 5.74) is 30.9. The minimum atomic E-state index is -1.25. The first kappa shape index (κ1) is 49.0. The lowest BCUT2D eigenvalue weighted by Gasteiger charge is -2.31. The third-order valence-electron chi connectivity index (χ3n) is 11.1. The van der Waals surface area contributed by atoms with Gasteiger partial charge in [-0.25, -0.2) is 4.79 Å². The van der Waals surface area contributed by atoms with Crippen molar-refractivity contribution in [3.63, 3.8) is 0 Å². The van der Waals surface area contributed by atoms with Gasteiger partial charge in [-0.15, -0.1) is 0 Å². The molecule has 63 heavy (non-hydrogen) atoms. The van der Waals surface area contributed by atoms with Gasteiger partial charge in [0.25, 0.3) is 0 Å². The number of carboxylic acid groups (broad SMARTS) is 1. The molecular weight excluding hydrogens is 811 g/mol. The van der Waals surface area contributed by atoms with E-state index in [0.29, 0.717) is 18.4 Å². The van der Waals surface area contributed by atoms with E-state index in [1.807, 2.05) is 31.2 Å². The van der Waals surface area contributed by atoms with Crippen LogP contribution in [-0.4, -0.2) is 118 Å². The maximum atomic E-state index is 14.4. The molecule has 0 saturated carbocycles. The van der Waals surface area contributed by atoms with Gasteiger partial charge in [-0.1, -0.05) is 68.8 Å². The van der Waals surface area contributed by atoms with E-state index in [1.54, 1.807) is 43.5 Å². The molecule has 0 radical (unpaired) electrons. The average Bonchev–Trinajstić information content (AvgIpc) is 3.92. The summed E-state index contributed by atoms with van der Waals surface area (Å²) in [6.07, 6.45) is 3.82. The fourth-order valence-corrected chi connectivity index (χ4v) is 7.48. The highest BCUT2D eigenvalue weighted by molar-refractivity contribution is 5.97. The monoisotopic (exact) mass is 873 g/mol. The quantitative estimate of drug-likeness (QED) is 0.0307. The van der Waals surface area contributed by atoms with Gasteiger partial charge in [-0.2, -0.15) is 0 Å². The van der Waals surface area contributed by atoms with Crippen molar-refractivity contribution in [2.75, 3.05) is 19.6 Å². The number of nitrogens with zero attached hydrogens (tertiary/aromatic N) is 3. The number of aromatic nitrogens is 1. The second-order valence-corrected chi connectivity index (χ2v) is 15.8. The van der Waals surface area contributed by atoms with E-state index in [0.717, 1.165) is 16.5 Å². The number of benzene rings is 2. The summed E-state index contributed by atoms with van der Waals surface area (Å²) in [6, 6.07) is 9.68. The van der Waals surface area contributed by atoms with Crippen molar-refractivity contribution in [2.24, 2.45) is 44.6 Å². The molecule has 16 N–H and O–H groups in total. The van der Waals surface area contributed by atoms with Crippen LogP contribution in [0, 0.1) is 5.92 Å². The fraction of sp³-hybridized carbons (Fsp3) is 0.488. The number of aromatic amines is 1.